The van der Waals surface area contributed by atoms with Crippen LogP contribution < -0.4 is 5.32 Å². The lowest BCUT2D eigenvalue weighted by Crippen LogP contribution is -2.09. The molecule has 16 heavy (non-hydrogen) atoms. The second-order valence-corrected chi connectivity index (χ2v) is 6.04. The minimum atomic E-state index is 0.448. The molecule has 0 amide bonds. The first-order chi connectivity index (χ1) is 7.35. The largest absolute Gasteiger partial charge is 0.370 e. The van der Waals surface area contributed by atoms with Crippen LogP contribution >= 0.6 is 0 Å². The standard InChI is InChI=1S/C14H22N2/c1-10-7-6-8-12(16-10)15-9-11-13(2,3)14(11,4)5/h6-8,11H,9H2,1-5H3,(H,15,16). The number of nitrogens with zero attached hydrogens (tertiary/aromatic N) is 1. The van der Waals surface area contributed by atoms with Gasteiger partial charge in [0.1, 0.15) is 5.82 Å². The fourth-order valence-corrected chi connectivity index (χ4v) is 2.69. The first kappa shape index (κ1) is 11.4. The number of nitrogens with one attached hydrogen (secondary N) is 1. The maximum Gasteiger partial charge on any atom is 0.126 e. The third kappa shape index (κ3) is 1.70. The van der Waals surface area contributed by atoms with Crippen molar-refractivity contribution in [2.75, 3.05) is 11.9 Å². The first-order valence-electron chi connectivity index (χ1n) is 6.03. The first-order valence-corrected chi connectivity index (χ1v) is 6.03. The van der Waals surface area contributed by atoms with Crippen molar-refractivity contribution in [3.05, 3.63) is 23.9 Å². The Morgan fingerprint density at radius 3 is 2.31 bits per heavy atom. The highest BCUT2D eigenvalue weighted by Crippen LogP contribution is 2.68. The van der Waals surface area contributed by atoms with E-state index in [4.69, 9.17) is 0 Å². The number of anilines is 1. The summed E-state index contributed by atoms with van der Waals surface area (Å²) in [7, 11) is 0. The summed E-state index contributed by atoms with van der Waals surface area (Å²) in [6.07, 6.45) is 0. The van der Waals surface area contributed by atoms with Gasteiger partial charge in [0, 0.05) is 12.2 Å². The second kappa shape index (κ2) is 3.47. The molecule has 1 heterocycles. The third-order valence-corrected chi connectivity index (χ3v) is 4.70. The van der Waals surface area contributed by atoms with Crippen molar-refractivity contribution in [1.29, 1.82) is 0 Å². The summed E-state index contributed by atoms with van der Waals surface area (Å²) in [5, 5.41) is 3.45. The van der Waals surface area contributed by atoms with Crippen molar-refractivity contribution in [2.45, 2.75) is 34.6 Å². The lowest BCUT2D eigenvalue weighted by atomic mass is 10.0. The van der Waals surface area contributed by atoms with Crippen molar-refractivity contribution in [2.24, 2.45) is 16.7 Å². The average molecular weight is 218 g/mol. The lowest BCUT2D eigenvalue weighted by Gasteiger charge is -2.07. The Kier molecular flexibility index (Phi) is 2.48. The highest BCUT2D eigenvalue weighted by molar-refractivity contribution is 5.36. The smallest absolute Gasteiger partial charge is 0.126 e. The summed E-state index contributed by atoms with van der Waals surface area (Å²) in [5.41, 5.74) is 1.97. The van der Waals surface area contributed by atoms with E-state index in [1.165, 1.54) is 0 Å². The SMILES string of the molecule is Cc1cccc(NCC2C(C)(C)C2(C)C)n1. The summed E-state index contributed by atoms with van der Waals surface area (Å²) >= 11 is 0. The van der Waals surface area contributed by atoms with Crippen LogP contribution in [0.2, 0.25) is 0 Å². The minimum absolute atomic E-state index is 0.448. The molecular formula is C14H22N2. The average Bonchev–Trinajstić information content (AvgIpc) is 2.55. The number of pyridine rings is 1. The maximum absolute atomic E-state index is 4.46. The topological polar surface area (TPSA) is 24.9 Å². The number of aromatic nitrogens is 1. The van der Waals surface area contributed by atoms with Crippen LogP contribution in [0.1, 0.15) is 33.4 Å². The zero-order valence-corrected chi connectivity index (χ0v) is 11.0. The summed E-state index contributed by atoms with van der Waals surface area (Å²) in [5.74, 6) is 1.74. The predicted octanol–water partition coefficient (Wildman–Crippen LogP) is 3.48. The molecule has 1 aliphatic carbocycles. The van der Waals surface area contributed by atoms with Gasteiger partial charge in [-0.25, -0.2) is 4.98 Å². The summed E-state index contributed by atoms with van der Waals surface area (Å²) in [6.45, 7) is 12.4. The molecule has 1 N–H and O–H groups in total. The molecule has 0 aromatic carbocycles. The van der Waals surface area contributed by atoms with Crippen molar-refractivity contribution >= 4 is 5.82 Å². The molecular weight excluding hydrogens is 196 g/mol. The molecule has 2 heteroatoms. The number of hydrogen-bond donors (Lipinski definition) is 1. The maximum atomic E-state index is 4.46. The Hall–Kier alpha value is -1.05. The molecule has 1 saturated carbocycles. The zero-order valence-electron chi connectivity index (χ0n) is 11.0. The second-order valence-electron chi connectivity index (χ2n) is 6.04. The van der Waals surface area contributed by atoms with E-state index < -0.39 is 0 Å². The van der Waals surface area contributed by atoms with Gasteiger partial charge in [-0.3, -0.25) is 0 Å². The van der Waals surface area contributed by atoms with Crippen molar-refractivity contribution in [3.8, 4) is 0 Å². The van der Waals surface area contributed by atoms with Crippen LogP contribution in [0, 0.1) is 23.7 Å². The number of rotatable bonds is 3. The molecule has 1 fully saturated rings. The Morgan fingerprint density at radius 1 is 1.19 bits per heavy atom. The fraction of sp³-hybridized carbons (Fsp3) is 0.643. The number of hydrogen-bond acceptors (Lipinski definition) is 2. The van der Waals surface area contributed by atoms with Crippen LogP contribution in [-0.4, -0.2) is 11.5 Å². The van der Waals surface area contributed by atoms with Crippen LogP contribution in [-0.2, 0) is 0 Å². The molecule has 1 aromatic rings. The number of aryl methyl sites for hydroxylation is 1. The van der Waals surface area contributed by atoms with Gasteiger partial charge in [0.25, 0.3) is 0 Å². The Morgan fingerprint density at radius 2 is 1.81 bits per heavy atom. The predicted molar refractivity (Wildman–Crippen MR) is 68.5 cm³/mol. The van der Waals surface area contributed by atoms with Crippen LogP contribution in [0.5, 0.6) is 0 Å². The Labute approximate surface area is 98.5 Å². The quantitative estimate of drug-likeness (QED) is 0.840. The van der Waals surface area contributed by atoms with E-state index in [-0.39, 0.29) is 0 Å². The van der Waals surface area contributed by atoms with Crippen LogP contribution in [0.15, 0.2) is 18.2 Å². The van der Waals surface area contributed by atoms with Gasteiger partial charge in [-0.1, -0.05) is 33.8 Å². The summed E-state index contributed by atoms with van der Waals surface area (Å²) < 4.78 is 0. The van der Waals surface area contributed by atoms with Crippen molar-refractivity contribution < 1.29 is 0 Å². The Balaban J connectivity index is 1.95. The molecule has 2 nitrogen and oxygen atoms in total. The molecule has 1 aliphatic rings. The van der Waals surface area contributed by atoms with Gasteiger partial charge >= 0.3 is 0 Å². The van der Waals surface area contributed by atoms with Crippen LogP contribution in [0.3, 0.4) is 0 Å². The molecule has 0 spiro atoms. The molecule has 88 valence electrons. The van der Waals surface area contributed by atoms with E-state index in [1.807, 2.05) is 25.1 Å². The van der Waals surface area contributed by atoms with Gasteiger partial charge in [-0.2, -0.15) is 0 Å². The fourth-order valence-electron chi connectivity index (χ4n) is 2.69. The van der Waals surface area contributed by atoms with E-state index in [0.717, 1.165) is 24.0 Å². The lowest BCUT2D eigenvalue weighted by molar-refractivity contribution is 0.457. The van der Waals surface area contributed by atoms with Gasteiger partial charge in [0.05, 0.1) is 0 Å². The minimum Gasteiger partial charge on any atom is -0.370 e. The van der Waals surface area contributed by atoms with Gasteiger partial charge < -0.3 is 5.32 Å². The molecule has 0 saturated heterocycles. The van der Waals surface area contributed by atoms with E-state index in [9.17, 15) is 0 Å². The van der Waals surface area contributed by atoms with Gasteiger partial charge in [-0.05, 0) is 35.8 Å². The molecule has 0 radical (unpaired) electrons. The summed E-state index contributed by atoms with van der Waals surface area (Å²) in [6, 6.07) is 6.11. The van der Waals surface area contributed by atoms with Crippen LogP contribution in [0.25, 0.3) is 0 Å². The normalized spacial score (nSPS) is 21.8. The van der Waals surface area contributed by atoms with Crippen molar-refractivity contribution in [3.63, 3.8) is 0 Å². The van der Waals surface area contributed by atoms with Crippen molar-refractivity contribution in [1.82, 2.24) is 4.98 Å². The molecule has 0 unspecified atom stereocenters. The van der Waals surface area contributed by atoms with Crippen LogP contribution in [0.4, 0.5) is 5.82 Å². The van der Waals surface area contributed by atoms with E-state index in [0.29, 0.717) is 10.8 Å². The zero-order chi connectivity index (χ0) is 12.0. The highest BCUT2D eigenvalue weighted by Gasteiger charge is 2.64. The monoisotopic (exact) mass is 218 g/mol. The highest BCUT2D eigenvalue weighted by atomic mass is 15.0. The van der Waals surface area contributed by atoms with Gasteiger partial charge in [-0.15, -0.1) is 0 Å². The molecule has 1 aromatic heterocycles. The van der Waals surface area contributed by atoms with E-state index >= 15 is 0 Å². The van der Waals surface area contributed by atoms with E-state index in [2.05, 4.69) is 38.0 Å². The Bertz CT molecular complexity index is 379. The molecule has 0 atom stereocenters. The third-order valence-electron chi connectivity index (χ3n) is 4.70. The molecule has 0 bridgehead atoms. The van der Waals surface area contributed by atoms with Gasteiger partial charge in [0.15, 0.2) is 0 Å². The van der Waals surface area contributed by atoms with Gasteiger partial charge in [0.2, 0.25) is 0 Å². The summed E-state index contributed by atoms with van der Waals surface area (Å²) in [4.78, 5) is 4.46. The van der Waals surface area contributed by atoms with E-state index in [1.54, 1.807) is 0 Å². The molecule has 0 aliphatic heterocycles. The molecule has 2 rings (SSSR count).